The van der Waals surface area contributed by atoms with Crippen LogP contribution in [0.5, 0.6) is 0 Å². The zero-order chi connectivity index (χ0) is 12.1. The van der Waals surface area contributed by atoms with Crippen LogP contribution in [0.3, 0.4) is 0 Å². The number of nitrogens with one attached hydrogen (secondary N) is 1. The highest BCUT2D eigenvalue weighted by Crippen LogP contribution is 2.29. The molecule has 2 N–H and O–H groups in total. The molecule has 0 saturated heterocycles. The molecule has 0 spiro atoms. The van der Waals surface area contributed by atoms with Crippen molar-refractivity contribution in [2.75, 3.05) is 27.2 Å². The maximum atomic E-state index is 9.76. The lowest BCUT2D eigenvalue weighted by Gasteiger charge is -2.33. The standard InChI is InChI=1S/C13H28N2O/c1-10-5-6-12(7-11(10)2)14-8-13(16)9-15(3)4/h10-14,16H,5-9H2,1-4H3. The first-order chi connectivity index (χ1) is 7.49. The summed E-state index contributed by atoms with van der Waals surface area (Å²) in [5.41, 5.74) is 0. The molecule has 0 bridgehead atoms. The summed E-state index contributed by atoms with van der Waals surface area (Å²) in [6, 6.07) is 0.614. The topological polar surface area (TPSA) is 35.5 Å². The van der Waals surface area contributed by atoms with Crippen molar-refractivity contribution in [2.45, 2.75) is 45.3 Å². The van der Waals surface area contributed by atoms with E-state index in [-0.39, 0.29) is 6.10 Å². The first-order valence-electron chi connectivity index (χ1n) is 6.55. The SMILES string of the molecule is CC1CCC(NCC(O)CN(C)C)CC1C. The van der Waals surface area contributed by atoms with Crippen molar-refractivity contribution in [2.24, 2.45) is 11.8 Å². The van der Waals surface area contributed by atoms with E-state index in [1.807, 2.05) is 19.0 Å². The molecule has 4 atom stereocenters. The van der Waals surface area contributed by atoms with Crippen LogP contribution in [0.25, 0.3) is 0 Å². The molecule has 16 heavy (non-hydrogen) atoms. The molecular weight excluding hydrogens is 200 g/mol. The Morgan fingerprint density at radius 2 is 1.94 bits per heavy atom. The third-order valence-electron chi connectivity index (χ3n) is 3.82. The van der Waals surface area contributed by atoms with Gasteiger partial charge in [-0.3, -0.25) is 0 Å². The molecular formula is C13H28N2O. The Kier molecular flexibility index (Phi) is 5.73. The number of hydrogen-bond acceptors (Lipinski definition) is 3. The predicted octanol–water partition coefficient (Wildman–Crippen LogP) is 1.32. The minimum Gasteiger partial charge on any atom is -0.390 e. The van der Waals surface area contributed by atoms with E-state index < -0.39 is 0 Å². The van der Waals surface area contributed by atoms with E-state index in [9.17, 15) is 5.11 Å². The van der Waals surface area contributed by atoms with Gasteiger partial charge in [0.25, 0.3) is 0 Å². The van der Waals surface area contributed by atoms with E-state index >= 15 is 0 Å². The predicted molar refractivity (Wildman–Crippen MR) is 68.5 cm³/mol. The Balaban J connectivity index is 2.18. The first-order valence-corrected chi connectivity index (χ1v) is 6.55. The average molecular weight is 228 g/mol. The second kappa shape index (κ2) is 6.58. The molecule has 0 aromatic heterocycles. The smallest absolute Gasteiger partial charge is 0.0791 e. The number of rotatable bonds is 5. The Bertz CT molecular complexity index is 196. The highest BCUT2D eigenvalue weighted by atomic mass is 16.3. The molecule has 1 saturated carbocycles. The van der Waals surface area contributed by atoms with Crippen LogP contribution in [0.15, 0.2) is 0 Å². The van der Waals surface area contributed by atoms with Gasteiger partial charge >= 0.3 is 0 Å². The van der Waals surface area contributed by atoms with Crippen molar-refractivity contribution in [3.05, 3.63) is 0 Å². The zero-order valence-electron chi connectivity index (χ0n) is 11.2. The molecule has 1 rings (SSSR count). The van der Waals surface area contributed by atoms with Crippen LogP contribution >= 0.6 is 0 Å². The van der Waals surface area contributed by atoms with E-state index in [0.29, 0.717) is 6.04 Å². The normalized spacial score (nSPS) is 33.0. The molecule has 4 unspecified atom stereocenters. The number of hydrogen-bond donors (Lipinski definition) is 2. The van der Waals surface area contributed by atoms with Crippen molar-refractivity contribution in [1.82, 2.24) is 10.2 Å². The summed E-state index contributed by atoms with van der Waals surface area (Å²) < 4.78 is 0. The van der Waals surface area contributed by atoms with Crippen molar-refractivity contribution in [3.8, 4) is 0 Å². The molecule has 1 fully saturated rings. The first kappa shape index (κ1) is 13.9. The van der Waals surface area contributed by atoms with E-state index in [1.54, 1.807) is 0 Å². The van der Waals surface area contributed by atoms with Crippen molar-refractivity contribution in [1.29, 1.82) is 0 Å². The van der Waals surface area contributed by atoms with Gasteiger partial charge < -0.3 is 15.3 Å². The molecule has 1 aliphatic carbocycles. The van der Waals surface area contributed by atoms with Gasteiger partial charge in [-0.15, -0.1) is 0 Å². The van der Waals surface area contributed by atoms with Crippen LogP contribution in [-0.4, -0.2) is 49.3 Å². The highest BCUT2D eigenvalue weighted by molar-refractivity contribution is 4.80. The molecule has 0 heterocycles. The number of aliphatic hydroxyl groups is 1. The lowest BCUT2D eigenvalue weighted by atomic mass is 9.79. The van der Waals surface area contributed by atoms with Crippen LogP contribution in [0.4, 0.5) is 0 Å². The van der Waals surface area contributed by atoms with Crippen molar-refractivity contribution >= 4 is 0 Å². The van der Waals surface area contributed by atoms with Gasteiger partial charge in [-0.25, -0.2) is 0 Å². The molecule has 1 aliphatic rings. The third-order valence-corrected chi connectivity index (χ3v) is 3.82. The van der Waals surface area contributed by atoms with Gasteiger partial charge in [0, 0.05) is 19.1 Å². The molecule has 3 heteroatoms. The Hall–Kier alpha value is -0.120. The fourth-order valence-electron chi connectivity index (χ4n) is 2.52. The van der Waals surface area contributed by atoms with Gasteiger partial charge in [0.15, 0.2) is 0 Å². The summed E-state index contributed by atoms with van der Waals surface area (Å²) in [7, 11) is 3.99. The maximum absolute atomic E-state index is 9.76. The summed E-state index contributed by atoms with van der Waals surface area (Å²) in [5, 5.41) is 13.3. The molecule has 96 valence electrons. The fraction of sp³-hybridized carbons (Fsp3) is 1.00. The Labute approximate surface area is 100 Å². The van der Waals surface area contributed by atoms with E-state index in [0.717, 1.165) is 24.9 Å². The van der Waals surface area contributed by atoms with Crippen LogP contribution in [0.1, 0.15) is 33.1 Å². The third kappa shape index (κ3) is 4.81. The monoisotopic (exact) mass is 228 g/mol. The van der Waals surface area contributed by atoms with E-state index in [2.05, 4.69) is 19.2 Å². The maximum Gasteiger partial charge on any atom is 0.0791 e. The molecule has 0 aromatic carbocycles. The lowest BCUT2D eigenvalue weighted by Crippen LogP contribution is -2.42. The highest BCUT2D eigenvalue weighted by Gasteiger charge is 2.24. The van der Waals surface area contributed by atoms with Crippen LogP contribution in [0.2, 0.25) is 0 Å². The second-order valence-corrected chi connectivity index (χ2v) is 5.79. The summed E-state index contributed by atoms with van der Waals surface area (Å²) in [5.74, 6) is 1.68. The number of likely N-dealkylation sites (N-methyl/N-ethyl adjacent to an activating group) is 1. The molecule has 0 aromatic rings. The quantitative estimate of drug-likeness (QED) is 0.745. The van der Waals surface area contributed by atoms with Crippen molar-refractivity contribution < 1.29 is 5.11 Å². The Morgan fingerprint density at radius 1 is 1.25 bits per heavy atom. The number of nitrogens with zero attached hydrogens (tertiary/aromatic N) is 1. The van der Waals surface area contributed by atoms with Gasteiger partial charge in [-0.1, -0.05) is 13.8 Å². The largest absolute Gasteiger partial charge is 0.390 e. The molecule has 0 aliphatic heterocycles. The summed E-state index contributed by atoms with van der Waals surface area (Å²) in [4.78, 5) is 2.03. The average Bonchev–Trinajstić information content (AvgIpc) is 2.19. The van der Waals surface area contributed by atoms with Crippen LogP contribution in [-0.2, 0) is 0 Å². The Morgan fingerprint density at radius 3 is 2.50 bits per heavy atom. The van der Waals surface area contributed by atoms with Gasteiger partial charge in [-0.2, -0.15) is 0 Å². The van der Waals surface area contributed by atoms with Crippen LogP contribution < -0.4 is 5.32 Å². The molecule has 0 amide bonds. The van der Waals surface area contributed by atoms with E-state index in [1.165, 1.54) is 19.3 Å². The van der Waals surface area contributed by atoms with Gasteiger partial charge in [0.2, 0.25) is 0 Å². The minimum absolute atomic E-state index is 0.246. The van der Waals surface area contributed by atoms with Gasteiger partial charge in [-0.05, 0) is 45.2 Å². The van der Waals surface area contributed by atoms with Gasteiger partial charge in [0.05, 0.1) is 6.10 Å². The number of aliphatic hydroxyl groups excluding tert-OH is 1. The minimum atomic E-state index is -0.246. The zero-order valence-corrected chi connectivity index (χ0v) is 11.2. The summed E-state index contributed by atoms with van der Waals surface area (Å²) in [6.45, 7) is 6.16. The second-order valence-electron chi connectivity index (χ2n) is 5.79. The molecule has 3 nitrogen and oxygen atoms in total. The van der Waals surface area contributed by atoms with E-state index in [4.69, 9.17) is 0 Å². The lowest BCUT2D eigenvalue weighted by molar-refractivity contribution is 0.123. The molecule has 0 radical (unpaired) electrons. The summed E-state index contributed by atoms with van der Waals surface area (Å²) in [6.07, 6.45) is 3.60. The van der Waals surface area contributed by atoms with Crippen LogP contribution in [0, 0.1) is 11.8 Å². The van der Waals surface area contributed by atoms with Gasteiger partial charge in [0.1, 0.15) is 0 Å². The summed E-state index contributed by atoms with van der Waals surface area (Å²) >= 11 is 0. The fourth-order valence-corrected chi connectivity index (χ4v) is 2.52. The van der Waals surface area contributed by atoms with Crippen molar-refractivity contribution in [3.63, 3.8) is 0 Å².